The van der Waals surface area contributed by atoms with Crippen molar-refractivity contribution >= 4 is 5.71 Å². The predicted octanol–water partition coefficient (Wildman–Crippen LogP) is 5.25. The van der Waals surface area contributed by atoms with Gasteiger partial charge in [-0.15, -0.1) is 0 Å². The van der Waals surface area contributed by atoms with Crippen molar-refractivity contribution < 1.29 is 5.21 Å². The average molecular weight is 289 g/mol. The lowest BCUT2D eigenvalue weighted by Crippen LogP contribution is -2.55. The quantitative estimate of drug-likeness (QED) is 0.479. The Hall–Kier alpha value is -0.530. The molecule has 0 saturated heterocycles. The van der Waals surface area contributed by atoms with Gasteiger partial charge in [0.2, 0.25) is 0 Å². The average Bonchev–Trinajstić information content (AvgIpc) is 2.87. The first-order valence-corrected chi connectivity index (χ1v) is 9.29. The fourth-order valence-corrected chi connectivity index (χ4v) is 7.08. The highest BCUT2D eigenvalue weighted by atomic mass is 16.4. The van der Waals surface area contributed by atoms with Gasteiger partial charge in [-0.3, -0.25) is 0 Å². The Morgan fingerprint density at radius 1 is 0.952 bits per heavy atom. The van der Waals surface area contributed by atoms with Gasteiger partial charge in [0.1, 0.15) is 0 Å². The highest BCUT2D eigenvalue weighted by Gasteiger charge is 2.59. The van der Waals surface area contributed by atoms with Crippen molar-refractivity contribution in [3.8, 4) is 0 Å². The minimum atomic E-state index is 0.529. The van der Waals surface area contributed by atoms with Crippen molar-refractivity contribution in [3.63, 3.8) is 0 Å². The molecule has 2 nitrogen and oxygen atoms in total. The number of fused-ring (bicyclic) bond motifs is 5. The normalized spacial score (nSPS) is 54.9. The van der Waals surface area contributed by atoms with E-state index in [1.54, 1.807) is 0 Å². The summed E-state index contributed by atoms with van der Waals surface area (Å²) < 4.78 is 0. The minimum Gasteiger partial charge on any atom is -0.411 e. The number of oxime groups is 1. The molecule has 0 aliphatic heterocycles. The van der Waals surface area contributed by atoms with Gasteiger partial charge in [-0.25, -0.2) is 0 Å². The summed E-state index contributed by atoms with van der Waals surface area (Å²) in [5, 5.41) is 13.6. The van der Waals surface area contributed by atoms with Gasteiger partial charge < -0.3 is 5.21 Å². The molecule has 0 spiro atoms. The van der Waals surface area contributed by atoms with E-state index in [0.29, 0.717) is 16.7 Å². The molecule has 0 aromatic rings. The number of hydrogen-bond acceptors (Lipinski definition) is 2. The van der Waals surface area contributed by atoms with Gasteiger partial charge in [-0.1, -0.05) is 38.3 Å². The molecule has 4 aliphatic rings. The number of rotatable bonds is 0. The van der Waals surface area contributed by atoms with Crippen molar-refractivity contribution in [1.82, 2.24) is 0 Å². The summed E-state index contributed by atoms with van der Waals surface area (Å²) in [6.45, 7) is 5.10. The maximum absolute atomic E-state index is 9.70. The van der Waals surface area contributed by atoms with Crippen LogP contribution in [0.25, 0.3) is 0 Å². The van der Waals surface area contributed by atoms with Crippen LogP contribution in [0.3, 0.4) is 0 Å². The van der Waals surface area contributed by atoms with Crippen LogP contribution in [0, 0.1) is 34.5 Å². The van der Waals surface area contributed by atoms with E-state index in [4.69, 9.17) is 0 Å². The summed E-state index contributed by atoms with van der Waals surface area (Å²) in [4.78, 5) is 0. The maximum atomic E-state index is 9.70. The van der Waals surface area contributed by atoms with Gasteiger partial charge in [0.15, 0.2) is 0 Å². The lowest BCUT2D eigenvalue weighted by Gasteiger charge is -2.59. The summed E-state index contributed by atoms with van der Waals surface area (Å²) >= 11 is 0. The van der Waals surface area contributed by atoms with Crippen LogP contribution in [0.4, 0.5) is 0 Å². The first-order valence-electron chi connectivity index (χ1n) is 9.29. The molecular formula is C19H31NO. The number of hydrogen-bond donors (Lipinski definition) is 1. The molecule has 1 N–H and O–H groups in total. The molecule has 4 aliphatic carbocycles. The van der Waals surface area contributed by atoms with Crippen LogP contribution in [0.1, 0.15) is 78.1 Å². The van der Waals surface area contributed by atoms with Gasteiger partial charge >= 0.3 is 0 Å². The van der Waals surface area contributed by atoms with Gasteiger partial charge in [-0.05, 0) is 73.5 Å². The van der Waals surface area contributed by atoms with Crippen LogP contribution in [0.15, 0.2) is 5.16 Å². The van der Waals surface area contributed by atoms with Crippen LogP contribution < -0.4 is 0 Å². The van der Waals surface area contributed by atoms with Crippen molar-refractivity contribution in [2.24, 2.45) is 39.7 Å². The highest BCUT2D eigenvalue weighted by molar-refractivity contribution is 5.88. The van der Waals surface area contributed by atoms with Crippen LogP contribution in [0.5, 0.6) is 0 Å². The van der Waals surface area contributed by atoms with E-state index in [-0.39, 0.29) is 0 Å². The molecule has 6 atom stereocenters. The molecule has 0 amide bonds. The summed E-state index contributed by atoms with van der Waals surface area (Å²) in [5.74, 6) is 2.96. The smallest absolute Gasteiger partial charge is 0.0610 e. The molecule has 0 aromatic heterocycles. The summed E-state index contributed by atoms with van der Waals surface area (Å²) in [5.41, 5.74) is 2.25. The molecule has 4 rings (SSSR count). The molecule has 0 unspecified atom stereocenters. The summed E-state index contributed by atoms with van der Waals surface area (Å²) in [6, 6.07) is 0. The van der Waals surface area contributed by atoms with Gasteiger partial charge in [0.05, 0.1) is 5.71 Å². The second-order valence-corrected chi connectivity index (χ2v) is 9.07. The lowest BCUT2D eigenvalue weighted by molar-refractivity contribution is -0.0580. The summed E-state index contributed by atoms with van der Waals surface area (Å²) in [6.07, 6.45) is 13.6. The van der Waals surface area contributed by atoms with Crippen LogP contribution in [-0.4, -0.2) is 10.9 Å². The second-order valence-electron chi connectivity index (χ2n) is 9.07. The Balaban J connectivity index is 1.74. The third-order valence-electron chi connectivity index (χ3n) is 8.32. The second kappa shape index (κ2) is 4.73. The molecule has 0 aromatic carbocycles. The lowest BCUT2D eigenvalue weighted by atomic mass is 9.45. The SMILES string of the molecule is C[C@@]12CCC[C@H]1[C@@H]1/C(=N/O)C[C@H]3CCCC[C@]3(C)[C@H]1CC2. The molecule has 0 radical (unpaired) electrons. The number of nitrogens with zero attached hydrogens (tertiary/aromatic N) is 1. The molecule has 2 heteroatoms. The fourth-order valence-electron chi connectivity index (χ4n) is 7.08. The fraction of sp³-hybridized carbons (Fsp3) is 0.947. The predicted molar refractivity (Wildman–Crippen MR) is 85.6 cm³/mol. The maximum Gasteiger partial charge on any atom is 0.0610 e. The molecular weight excluding hydrogens is 258 g/mol. The zero-order valence-electron chi connectivity index (χ0n) is 13.8. The molecule has 4 fully saturated rings. The Labute approximate surface area is 129 Å². The minimum absolute atomic E-state index is 0.529. The van der Waals surface area contributed by atoms with Crippen LogP contribution >= 0.6 is 0 Å². The highest BCUT2D eigenvalue weighted by Crippen LogP contribution is 2.65. The van der Waals surface area contributed by atoms with E-state index in [0.717, 1.165) is 24.2 Å². The van der Waals surface area contributed by atoms with Crippen LogP contribution in [-0.2, 0) is 0 Å². The van der Waals surface area contributed by atoms with Crippen LogP contribution in [0.2, 0.25) is 0 Å². The first kappa shape index (κ1) is 14.1. The molecule has 118 valence electrons. The zero-order chi connectivity index (χ0) is 14.7. The molecule has 21 heavy (non-hydrogen) atoms. The van der Waals surface area contributed by atoms with Crippen molar-refractivity contribution in [3.05, 3.63) is 0 Å². The van der Waals surface area contributed by atoms with Crippen molar-refractivity contribution in [2.45, 2.75) is 78.1 Å². The van der Waals surface area contributed by atoms with Crippen molar-refractivity contribution in [2.75, 3.05) is 0 Å². The monoisotopic (exact) mass is 289 g/mol. The van der Waals surface area contributed by atoms with E-state index in [9.17, 15) is 5.21 Å². The summed E-state index contributed by atoms with van der Waals surface area (Å²) in [7, 11) is 0. The zero-order valence-corrected chi connectivity index (χ0v) is 13.8. The largest absolute Gasteiger partial charge is 0.411 e. The van der Waals surface area contributed by atoms with E-state index in [1.165, 1.54) is 63.5 Å². The molecule has 0 bridgehead atoms. The Morgan fingerprint density at radius 2 is 1.81 bits per heavy atom. The first-order chi connectivity index (χ1) is 10.1. The molecule has 4 saturated carbocycles. The molecule has 0 heterocycles. The Morgan fingerprint density at radius 3 is 2.62 bits per heavy atom. The Bertz CT molecular complexity index is 458. The van der Waals surface area contributed by atoms with Crippen molar-refractivity contribution in [1.29, 1.82) is 0 Å². The van der Waals surface area contributed by atoms with Gasteiger partial charge in [-0.2, -0.15) is 0 Å². The Kier molecular flexibility index (Phi) is 3.17. The van der Waals surface area contributed by atoms with E-state index in [1.807, 2.05) is 0 Å². The van der Waals surface area contributed by atoms with E-state index < -0.39 is 0 Å². The van der Waals surface area contributed by atoms with E-state index in [2.05, 4.69) is 19.0 Å². The third kappa shape index (κ3) is 1.86. The van der Waals surface area contributed by atoms with Gasteiger partial charge in [0, 0.05) is 5.92 Å². The standard InChI is InChI=1S/C19H31NO/c1-18-9-5-7-14(18)17-15(8-11-18)19(2)10-4-3-6-13(19)12-16(17)20-21/h13-15,17,21H,3-12H2,1-2H3/b20-16+/t13-,14+,15+,17+,18+,19+/m1/s1. The van der Waals surface area contributed by atoms with E-state index >= 15 is 0 Å². The van der Waals surface area contributed by atoms with Gasteiger partial charge in [0.25, 0.3) is 0 Å². The third-order valence-corrected chi connectivity index (χ3v) is 8.32. The topological polar surface area (TPSA) is 32.6 Å².